The number of alkyl halides is 4. The van der Waals surface area contributed by atoms with Crippen LogP contribution in [-0.2, 0) is 19.1 Å². The number of ether oxygens (including phenoxy) is 2. The van der Waals surface area contributed by atoms with Crippen LogP contribution in [0.3, 0.4) is 0 Å². The van der Waals surface area contributed by atoms with Crippen molar-refractivity contribution < 1.29 is 36.6 Å². The molecule has 1 atom stereocenters. The van der Waals surface area contributed by atoms with E-state index in [4.69, 9.17) is 4.74 Å². The number of hydrogen-bond donors (Lipinski definition) is 0. The van der Waals surface area contributed by atoms with E-state index >= 15 is 0 Å². The first-order valence-corrected chi connectivity index (χ1v) is 7.36. The molecule has 0 spiro atoms. The maximum absolute atomic E-state index is 12.5. The van der Waals surface area contributed by atoms with E-state index in [0.717, 1.165) is 19.3 Å². The zero-order chi connectivity index (χ0) is 17.9. The molecule has 0 N–H and O–H groups in total. The van der Waals surface area contributed by atoms with Crippen LogP contribution in [0.2, 0.25) is 0 Å². The monoisotopic (exact) mass is 342 g/mol. The van der Waals surface area contributed by atoms with Crippen LogP contribution in [-0.4, -0.2) is 37.0 Å². The van der Waals surface area contributed by atoms with Crippen LogP contribution in [0.1, 0.15) is 46.0 Å². The van der Waals surface area contributed by atoms with E-state index in [9.17, 15) is 27.2 Å². The van der Waals surface area contributed by atoms with E-state index in [-0.39, 0.29) is 6.42 Å². The standard InChI is InChI=1S/C15H22F4O4/c1-3-4-5-6-7-11(2)23-13(21)9-8-12(20)22-10-15(18,19)14(16)17/h6-7,11,14H,3-5,8-10H2,1-2H3/b7-6+. The number of carbonyl (C=O) groups excluding carboxylic acids is 2. The van der Waals surface area contributed by atoms with Gasteiger partial charge in [-0.2, -0.15) is 8.78 Å². The van der Waals surface area contributed by atoms with Gasteiger partial charge >= 0.3 is 24.3 Å². The fourth-order valence-corrected chi connectivity index (χ4v) is 1.43. The van der Waals surface area contributed by atoms with E-state index < -0.39 is 43.4 Å². The third kappa shape index (κ3) is 10.7. The third-order valence-electron chi connectivity index (χ3n) is 2.73. The Bertz CT molecular complexity index is 397. The molecule has 0 aromatic carbocycles. The van der Waals surface area contributed by atoms with Crippen molar-refractivity contribution in [1.82, 2.24) is 0 Å². The molecule has 0 amide bonds. The van der Waals surface area contributed by atoms with Crippen molar-refractivity contribution in [2.24, 2.45) is 0 Å². The summed E-state index contributed by atoms with van der Waals surface area (Å²) in [6.45, 7) is 1.98. The summed E-state index contributed by atoms with van der Waals surface area (Å²) in [6, 6.07) is 0. The summed E-state index contributed by atoms with van der Waals surface area (Å²) in [5, 5.41) is 0. The predicted molar refractivity (Wildman–Crippen MR) is 75.4 cm³/mol. The largest absolute Gasteiger partial charge is 0.459 e. The Morgan fingerprint density at radius 3 is 2.35 bits per heavy atom. The molecule has 1 unspecified atom stereocenters. The first-order valence-electron chi connectivity index (χ1n) is 7.36. The van der Waals surface area contributed by atoms with Crippen LogP contribution in [0.25, 0.3) is 0 Å². The molecule has 134 valence electrons. The summed E-state index contributed by atoms with van der Waals surface area (Å²) in [6.07, 6.45) is 1.24. The molecule has 0 aliphatic heterocycles. The molecule has 0 saturated heterocycles. The van der Waals surface area contributed by atoms with Gasteiger partial charge in [-0.15, -0.1) is 0 Å². The van der Waals surface area contributed by atoms with Gasteiger partial charge in [0.15, 0.2) is 6.61 Å². The first-order chi connectivity index (χ1) is 10.7. The summed E-state index contributed by atoms with van der Waals surface area (Å²) >= 11 is 0. The Balaban J connectivity index is 3.96. The van der Waals surface area contributed by atoms with E-state index in [2.05, 4.69) is 4.74 Å². The predicted octanol–water partition coefficient (Wildman–Crippen LogP) is 3.89. The number of allylic oxidation sites excluding steroid dienone is 1. The van der Waals surface area contributed by atoms with Gasteiger partial charge in [0.25, 0.3) is 0 Å². The second-order valence-electron chi connectivity index (χ2n) is 4.99. The van der Waals surface area contributed by atoms with Crippen molar-refractivity contribution in [3.63, 3.8) is 0 Å². The lowest BCUT2D eigenvalue weighted by Gasteiger charge is -2.15. The number of unbranched alkanes of at least 4 members (excludes halogenated alkanes) is 2. The third-order valence-corrected chi connectivity index (χ3v) is 2.73. The zero-order valence-electron chi connectivity index (χ0n) is 13.2. The van der Waals surface area contributed by atoms with E-state index in [1.54, 1.807) is 13.0 Å². The maximum atomic E-state index is 12.5. The molecule has 23 heavy (non-hydrogen) atoms. The summed E-state index contributed by atoms with van der Waals surface area (Å²) in [4.78, 5) is 22.5. The Hall–Kier alpha value is -1.60. The van der Waals surface area contributed by atoms with Crippen LogP contribution < -0.4 is 0 Å². The minimum absolute atomic E-state index is 0.369. The SMILES string of the molecule is CCCC/C=C/C(C)OC(=O)CCC(=O)OCC(F)(F)C(F)F. The zero-order valence-corrected chi connectivity index (χ0v) is 13.2. The molecule has 0 aromatic rings. The lowest BCUT2D eigenvalue weighted by molar-refractivity contribution is -0.180. The molecule has 0 bridgehead atoms. The molecule has 0 saturated carbocycles. The maximum Gasteiger partial charge on any atom is 0.340 e. The highest BCUT2D eigenvalue weighted by Gasteiger charge is 2.42. The average molecular weight is 342 g/mol. The van der Waals surface area contributed by atoms with Crippen molar-refractivity contribution >= 4 is 11.9 Å². The van der Waals surface area contributed by atoms with Gasteiger partial charge in [0, 0.05) is 0 Å². The second-order valence-corrected chi connectivity index (χ2v) is 4.99. The Morgan fingerprint density at radius 2 is 1.78 bits per heavy atom. The van der Waals surface area contributed by atoms with Crippen molar-refractivity contribution in [3.05, 3.63) is 12.2 Å². The molecule has 0 fully saturated rings. The van der Waals surface area contributed by atoms with Crippen LogP contribution in [0.5, 0.6) is 0 Å². The fraction of sp³-hybridized carbons (Fsp3) is 0.733. The number of esters is 2. The summed E-state index contributed by atoms with van der Waals surface area (Å²) in [5.41, 5.74) is 0. The molecule has 0 aliphatic carbocycles. The lowest BCUT2D eigenvalue weighted by atomic mass is 10.2. The van der Waals surface area contributed by atoms with Crippen LogP contribution >= 0.6 is 0 Å². The van der Waals surface area contributed by atoms with E-state index in [1.807, 2.05) is 13.0 Å². The smallest absolute Gasteiger partial charge is 0.340 e. The normalized spacial score (nSPS) is 13.3. The highest BCUT2D eigenvalue weighted by atomic mass is 19.3. The van der Waals surface area contributed by atoms with Gasteiger partial charge in [-0.05, 0) is 19.4 Å². The van der Waals surface area contributed by atoms with E-state index in [1.165, 1.54) is 0 Å². The summed E-state index contributed by atoms with van der Waals surface area (Å²) in [7, 11) is 0. The van der Waals surface area contributed by atoms with Gasteiger partial charge in [0.2, 0.25) is 0 Å². The van der Waals surface area contributed by atoms with Crippen LogP contribution in [0, 0.1) is 0 Å². The topological polar surface area (TPSA) is 52.6 Å². The fourth-order valence-electron chi connectivity index (χ4n) is 1.43. The van der Waals surface area contributed by atoms with Crippen LogP contribution in [0.4, 0.5) is 17.6 Å². The lowest BCUT2D eigenvalue weighted by Crippen LogP contribution is -2.33. The Morgan fingerprint density at radius 1 is 1.17 bits per heavy atom. The van der Waals surface area contributed by atoms with E-state index in [0.29, 0.717) is 0 Å². The van der Waals surface area contributed by atoms with Crippen LogP contribution in [0.15, 0.2) is 12.2 Å². The molecule has 0 radical (unpaired) electrons. The van der Waals surface area contributed by atoms with Gasteiger partial charge < -0.3 is 9.47 Å². The molecule has 0 heterocycles. The average Bonchev–Trinajstić information content (AvgIpc) is 2.47. The van der Waals surface area contributed by atoms with Crippen molar-refractivity contribution in [3.8, 4) is 0 Å². The molecule has 4 nitrogen and oxygen atoms in total. The highest BCUT2D eigenvalue weighted by molar-refractivity contribution is 5.77. The molecule has 8 heteroatoms. The number of rotatable bonds is 11. The molecular formula is C15H22F4O4. The Kier molecular flexibility index (Phi) is 10.2. The second kappa shape index (κ2) is 11.0. The van der Waals surface area contributed by atoms with Crippen molar-refractivity contribution in [2.75, 3.05) is 6.61 Å². The number of hydrogen-bond acceptors (Lipinski definition) is 4. The molecule has 0 aliphatic rings. The quantitative estimate of drug-likeness (QED) is 0.247. The summed E-state index contributed by atoms with van der Waals surface area (Å²) in [5.74, 6) is -6.25. The van der Waals surface area contributed by atoms with Gasteiger partial charge in [0.1, 0.15) is 6.10 Å². The van der Waals surface area contributed by atoms with Crippen molar-refractivity contribution in [2.45, 2.75) is 64.4 Å². The van der Waals surface area contributed by atoms with Gasteiger partial charge in [-0.1, -0.05) is 25.8 Å². The van der Waals surface area contributed by atoms with Gasteiger partial charge in [-0.25, -0.2) is 8.78 Å². The number of halogens is 4. The first kappa shape index (κ1) is 21.4. The Labute approximate surface area is 132 Å². The summed E-state index contributed by atoms with van der Waals surface area (Å²) < 4.78 is 57.7. The molecule has 0 aromatic heterocycles. The minimum Gasteiger partial charge on any atom is -0.459 e. The van der Waals surface area contributed by atoms with Gasteiger partial charge in [-0.3, -0.25) is 9.59 Å². The van der Waals surface area contributed by atoms with Gasteiger partial charge in [0.05, 0.1) is 12.8 Å². The minimum atomic E-state index is -4.39. The molecule has 0 rings (SSSR count). The molecular weight excluding hydrogens is 320 g/mol. The number of carbonyl (C=O) groups is 2. The van der Waals surface area contributed by atoms with Crippen molar-refractivity contribution in [1.29, 1.82) is 0 Å². The highest BCUT2D eigenvalue weighted by Crippen LogP contribution is 2.23.